The van der Waals surface area contributed by atoms with Crippen molar-refractivity contribution < 1.29 is 4.39 Å². The average molecular weight is 280 g/mol. The van der Waals surface area contributed by atoms with Crippen molar-refractivity contribution in [2.45, 2.75) is 6.92 Å². The van der Waals surface area contributed by atoms with E-state index in [0.717, 1.165) is 11.1 Å². The first-order chi connectivity index (χ1) is 10.1. The first kappa shape index (κ1) is 13.2. The normalized spacial score (nSPS) is 10.6. The van der Waals surface area contributed by atoms with Crippen LogP contribution in [0.25, 0.3) is 22.4 Å². The lowest BCUT2D eigenvalue weighted by atomic mass is 10.0. The third kappa shape index (κ3) is 2.74. The van der Waals surface area contributed by atoms with Crippen molar-refractivity contribution in [3.8, 4) is 22.4 Å². The van der Waals surface area contributed by atoms with Crippen molar-refractivity contribution in [3.05, 3.63) is 76.3 Å². The van der Waals surface area contributed by atoms with Gasteiger partial charge in [-0.25, -0.2) is 9.49 Å². The van der Waals surface area contributed by atoms with Gasteiger partial charge in [0.15, 0.2) is 0 Å². The second kappa shape index (κ2) is 5.32. The fourth-order valence-electron chi connectivity index (χ4n) is 2.12. The Hall–Kier alpha value is -2.75. The van der Waals surface area contributed by atoms with Gasteiger partial charge in [-0.2, -0.15) is 5.10 Å². The van der Waals surface area contributed by atoms with E-state index in [9.17, 15) is 9.18 Å². The maximum atomic E-state index is 13.0. The Morgan fingerprint density at radius 3 is 2.24 bits per heavy atom. The van der Waals surface area contributed by atoms with Crippen molar-refractivity contribution in [1.29, 1.82) is 0 Å². The Balaban J connectivity index is 2.10. The summed E-state index contributed by atoms with van der Waals surface area (Å²) in [5.74, 6) is -0.331. The fraction of sp³-hybridized carbons (Fsp3) is 0.0588. The number of H-pyrrole nitrogens is 1. The molecule has 104 valence electrons. The van der Waals surface area contributed by atoms with E-state index in [0.29, 0.717) is 16.8 Å². The van der Waals surface area contributed by atoms with E-state index in [4.69, 9.17) is 0 Å². The molecular formula is C17H13FN2O. The standard InChI is InChI=1S/C17H13FN2O/c1-11-2-4-13(5-3-11)16-10-15(17(21)20-19-16)12-6-8-14(18)9-7-12/h2-10H,1H3,(H,20,21). The molecule has 1 heterocycles. The number of benzene rings is 2. The van der Waals surface area contributed by atoms with Gasteiger partial charge >= 0.3 is 0 Å². The van der Waals surface area contributed by atoms with Crippen LogP contribution in [0.2, 0.25) is 0 Å². The van der Waals surface area contributed by atoms with Crippen LogP contribution in [-0.2, 0) is 0 Å². The predicted octanol–water partition coefficient (Wildman–Crippen LogP) is 3.55. The highest BCUT2D eigenvalue weighted by Crippen LogP contribution is 2.21. The number of hydrogen-bond acceptors (Lipinski definition) is 2. The van der Waals surface area contributed by atoms with Crippen molar-refractivity contribution in [3.63, 3.8) is 0 Å². The minimum Gasteiger partial charge on any atom is -0.267 e. The Bertz CT molecular complexity index is 821. The highest BCUT2D eigenvalue weighted by atomic mass is 19.1. The lowest BCUT2D eigenvalue weighted by Gasteiger charge is -2.05. The van der Waals surface area contributed by atoms with Crippen LogP contribution in [0.1, 0.15) is 5.56 Å². The fourth-order valence-corrected chi connectivity index (χ4v) is 2.12. The van der Waals surface area contributed by atoms with Gasteiger partial charge in [0.05, 0.1) is 11.3 Å². The molecule has 0 aliphatic carbocycles. The largest absolute Gasteiger partial charge is 0.272 e. The van der Waals surface area contributed by atoms with Gasteiger partial charge in [-0.1, -0.05) is 42.0 Å². The van der Waals surface area contributed by atoms with E-state index in [1.165, 1.54) is 12.1 Å². The molecule has 2 aromatic carbocycles. The van der Waals surface area contributed by atoms with Gasteiger partial charge in [0.2, 0.25) is 0 Å². The van der Waals surface area contributed by atoms with Gasteiger partial charge in [0.25, 0.3) is 5.56 Å². The maximum Gasteiger partial charge on any atom is 0.272 e. The molecule has 0 atom stereocenters. The van der Waals surface area contributed by atoms with Crippen molar-refractivity contribution >= 4 is 0 Å². The highest BCUT2D eigenvalue weighted by molar-refractivity contribution is 5.69. The molecule has 0 amide bonds. The Morgan fingerprint density at radius 2 is 1.57 bits per heavy atom. The molecule has 4 heteroatoms. The monoisotopic (exact) mass is 280 g/mol. The second-order valence-corrected chi connectivity index (χ2v) is 4.87. The third-order valence-corrected chi connectivity index (χ3v) is 3.31. The highest BCUT2D eigenvalue weighted by Gasteiger charge is 2.07. The summed E-state index contributed by atoms with van der Waals surface area (Å²) in [7, 11) is 0. The summed E-state index contributed by atoms with van der Waals surface area (Å²) in [6.07, 6.45) is 0. The first-order valence-electron chi connectivity index (χ1n) is 6.56. The minimum absolute atomic E-state index is 0.294. The molecule has 0 saturated heterocycles. The number of aromatic amines is 1. The number of rotatable bonds is 2. The van der Waals surface area contributed by atoms with Crippen LogP contribution in [0.4, 0.5) is 4.39 Å². The number of aromatic nitrogens is 2. The van der Waals surface area contributed by atoms with Crippen LogP contribution in [0.15, 0.2) is 59.4 Å². The van der Waals surface area contributed by atoms with Crippen molar-refractivity contribution in [2.24, 2.45) is 0 Å². The second-order valence-electron chi connectivity index (χ2n) is 4.87. The number of nitrogens with zero attached hydrogens (tertiary/aromatic N) is 1. The number of hydrogen-bond donors (Lipinski definition) is 1. The van der Waals surface area contributed by atoms with Crippen LogP contribution in [0, 0.1) is 12.7 Å². The molecular weight excluding hydrogens is 267 g/mol. The maximum absolute atomic E-state index is 13.0. The van der Waals surface area contributed by atoms with Gasteiger partial charge in [-0.05, 0) is 30.7 Å². The van der Waals surface area contributed by atoms with Gasteiger partial charge in [-0.15, -0.1) is 0 Å². The van der Waals surface area contributed by atoms with E-state index < -0.39 is 0 Å². The molecule has 3 rings (SSSR count). The first-order valence-corrected chi connectivity index (χ1v) is 6.56. The summed E-state index contributed by atoms with van der Waals surface area (Å²) in [5, 5.41) is 6.57. The molecule has 0 spiro atoms. The van der Waals surface area contributed by atoms with Gasteiger partial charge in [0.1, 0.15) is 5.82 Å². The molecule has 1 N–H and O–H groups in total. The molecule has 21 heavy (non-hydrogen) atoms. The van der Waals surface area contributed by atoms with Gasteiger partial charge in [0, 0.05) is 5.56 Å². The van der Waals surface area contributed by atoms with Crippen LogP contribution >= 0.6 is 0 Å². The van der Waals surface area contributed by atoms with E-state index in [-0.39, 0.29) is 11.4 Å². The van der Waals surface area contributed by atoms with Crippen molar-refractivity contribution in [2.75, 3.05) is 0 Å². The summed E-state index contributed by atoms with van der Waals surface area (Å²) in [6, 6.07) is 15.4. The van der Waals surface area contributed by atoms with Crippen molar-refractivity contribution in [1.82, 2.24) is 10.2 Å². The molecule has 0 aliphatic heterocycles. The SMILES string of the molecule is Cc1ccc(-c2cc(-c3ccc(F)cc3)c(=O)[nH]n2)cc1. The van der Waals surface area contributed by atoms with E-state index in [1.54, 1.807) is 18.2 Å². The number of aryl methyl sites for hydroxylation is 1. The quantitative estimate of drug-likeness (QED) is 0.780. The lowest BCUT2D eigenvalue weighted by molar-refractivity contribution is 0.628. The van der Waals surface area contributed by atoms with Crippen LogP contribution in [0.3, 0.4) is 0 Å². The van der Waals surface area contributed by atoms with E-state index in [1.807, 2.05) is 31.2 Å². The Kier molecular flexibility index (Phi) is 3.36. The van der Waals surface area contributed by atoms with E-state index in [2.05, 4.69) is 10.2 Å². The topological polar surface area (TPSA) is 45.8 Å². The molecule has 0 bridgehead atoms. The van der Waals surface area contributed by atoms with Crippen LogP contribution < -0.4 is 5.56 Å². The Morgan fingerprint density at radius 1 is 0.952 bits per heavy atom. The summed E-state index contributed by atoms with van der Waals surface area (Å²) in [4.78, 5) is 11.9. The molecule has 3 aromatic rings. The molecule has 3 nitrogen and oxygen atoms in total. The van der Waals surface area contributed by atoms with E-state index >= 15 is 0 Å². The molecule has 0 fully saturated rings. The zero-order valence-corrected chi connectivity index (χ0v) is 11.4. The zero-order valence-electron chi connectivity index (χ0n) is 11.4. The zero-order chi connectivity index (χ0) is 14.8. The molecule has 0 saturated carbocycles. The van der Waals surface area contributed by atoms with Crippen LogP contribution in [-0.4, -0.2) is 10.2 Å². The summed E-state index contributed by atoms with van der Waals surface area (Å²) >= 11 is 0. The number of halogens is 1. The predicted molar refractivity (Wildman–Crippen MR) is 80.4 cm³/mol. The molecule has 1 aromatic heterocycles. The smallest absolute Gasteiger partial charge is 0.267 e. The molecule has 0 radical (unpaired) electrons. The minimum atomic E-state index is -0.331. The van der Waals surface area contributed by atoms with Gasteiger partial charge in [-0.3, -0.25) is 4.79 Å². The molecule has 0 unspecified atom stereocenters. The van der Waals surface area contributed by atoms with Gasteiger partial charge < -0.3 is 0 Å². The third-order valence-electron chi connectivity index (χ3n) is 3.31. The average Bonchev–Trinajstić information content (AvgIpc) is 2.50. The summed E-state index contributed by atoms with van der Waals surface area (Å²) in [5.41, 5.74) is 3.59. The molecule has 0 aliphatic rings. The van der Waals surface area contributed by atoms with Crippen LogP contribution in [0.5, 0.6) is 0 Å². The summed E-state index contributed by atoms with van der Waals surface area (Å²) in [6.45, 7) is 2.01. The number of nitrogens with one attached hydrogen (secondary N) is 1. The summed E-state index contributed by atoms with van der Waals surface area (Å²) < 4.78 is 13.0. The Labute approximate surface area is 121 Å². The lowest BCUT2D eigenvalue weighted by Crippen LogP contribution is -2.11.